The number of methoxy groups -OCH3 is 1. The van der Waals surface area contributed by atoms with Crippen LogP contribution in [0.2, 0.25) is 0 Å². The first-order chi connectivity index (χ1) is 11.8. The lowest BCUT2D eigenvalue weighted by atomic mass is 9.87. The summed E-state index contributed by atoms with van der Waals surface area (Å²) in [5, 5.41) is 0. The third-order valence-electron chi connectivity index (χ3n) is 5.08. The van der Waals surface area contributed by atoms with Crippen LogP contribution in [0.25, 0.3) is 11.1 Å². The van der Waals surface area contributed by atoms with Gasteiger partial charge in [0, 0.05) is 29.4 Å². The van der Waals surface area contributed by atoms with Gasteiger partial charge in [0.25, 0.3) is 0 Å². The minimum atomic E-state index is 0.0108. The molecule has 2 aromatic rings. The van der Waals surface area contributed by atoms with Crippen molar-refractivity contribution in [2.24, 2.45) is 4.99 Å². The summed E-state index contributed by atoms with van der Waals surface area (Å²) in [6.45, 7) is 1.26. The van der Waals surface area contributed by atoms with E-state index in [1.54, 1.807) is 7.11 Å². The Morgan fingerprint density at radius 1 is 1.25 bits per heavy atom. The number of hydrogen-bond acceptors (Lipinski definition) is 5. The van der Waals surface area contributed by atoms with Crippen LogP contribution in [-0.4, -0.2) is 38.6 Å². The van der Waals surface area contributed by atoms with Crippen LogP contribution >= 0.6 is 0 Å². The second kappa shape index (κ2) is 4.98. The standard InChI is InChI=1S/C19H18N2O3/c1-21-6-5-11-8-15-18(24-10-23-15)17-14-4-3-13(22-2)7-12(14)9-20-19(21)16(11)17/h3-4,7-9,19H,5-6,10H2,1-2H3. The van der Waals surface area contributed by atoms with Gasteiger partial charge in [-0.1, -0.05) is 0 Å². The molecule has 0 aliphatic carbocycles. The fourth-order valence-corrected chi connectivity index (χ4v) is 3.86. The quantitative estimate of drug-likeness (QED) is 0.809. The normalized spacial score (nSPS) is 20.3. The zero-order valence-electron chi connectivity index (χ0n) is 13.7. The lowest BCUT2D eigenvalue weighted by molar-refractivity contribution is 0.174. The van der Waals surface area contributed by atoms with Crippen LogP contribution in [0, 0.1) is 0 Å². The highest BCUT2D eigenvalue weighted by Gasteiger charge is 2.35. The maximum absolute atomic E-state index is 5.85. The molecule has 122 valence electrons. The van der Waals surface area contributed by atoms with Crippen molar-refractivity contribution in [3.05, 3.63) is 41.0 Å². The van der Waals surface area contributed by atoms with Gasteiger partial charge in [0.15, 0.2) is 11.5 Å². The van der Waals surface area contributed by atoms with Crippen LogP contribution < -0.4 is 14.2 Å². The van der Waals surface area contributed by atoms with Crippen molar-refractivity contribution in [2.45, 2.75) is 12.6 Å². The summed E-state index contributed by atoms with van der Waals surface area (Å²) in [6, 6.07) is 8.23. The third-order valence-corrected chi connectivity index (χ3v) is 5.08. The topological polar surface area (TPSA) is 43.3 Å². The molecule has 0 aromatic heterocycles. The average Bonchev–Trinajstić information content (AvgIpc) is 3.00. The van der Waals surface area contributed by atoms with Crippen molar-refractivity contribution in [3.63, 3.8) is 0 Å². The molecule has 3 aliphatic rings. The first-order valence-corrected chi connectivity index (χ1v) is 8.13. The Hall–Kier alpha value is -2.53. The Kier molecular flexibility index (Phi) is 2.88. The Balaban J connectivity index is 1.86. The molecular formula is C19H18N2O3. The molecule has 0 bridgehead atoms. The van der Waals surface area contributed by atoms with Gasteiger partial charge in [0.2, 0.25) is 6.79 Å². The van der Waals surface area contributed by atoms with E-state index in [1.165, 1.54) is 11.1 Å². The van der Waals surface area contributed by atoms with Crippen molar-refractivity contribution < 1.29 is 14.2 Å². The minimum absolute atomic E-state index is 0.0108. The summed E-state index contributed by atoms with van der Waals surface area (Å²) < 4.78 is 16.9. The second-order valence-corrected chi connectivity index (χ2v) is 6.39. The third kappa shape index (κ3) is 1.82. The molecule has 2 aromatic carbocycles. The number of fused-ring (bicyclic) bond motifs is 4. The van der Waals surface area contributed by atoms with E-state index in [-0.39, 0.29) is 13.0 Å². The number of likely N-dealkylation sites (N-methyl/N-ethyl adjacent to an activating group) is 1. The summed E-state index contributed by atoms with van der Waals surface area (Å²) in [7, 11) is 3.80. The molecule has 3 aliphatic heterocycles. The van der Waals surface area contributed by atoms with Crippen LogP contribution in [0.1, 0.15) is 22.9 Å². The van der Waals surface area contributed by atoms with Gasteiger partial charge in [-0.3, -0.25) is 9.89 Å². The fraction of sp³-hybridized carbons (Fsp3) is 0.316. The van der Waals surface area contributed by atoms with Crippen molar-refractivity contribution in [1.29, 1.82) is 0 Å². The van der Waals surface area contributed by atoms with Gasteiger partial charge >= 0.3 is 0 Å². The SMILES string of the molecule is COc1ccc2c(c1)C=NC1c3c(cc4c(c3-2)OCO4)CCN1C. The highest BCUT2D eigenvalue weighted by atomic mass is 16.7. The monoisotopic (exact) mass is 322 g/mol. The van der Waals surface area contributed by atoms with Crippen LogP contribution in [0.15, 0.2) is 29.3 Å². The molecule has 1 atom stereocenters. The smallest absolute Gasteiger partial charge is 0.231 e. The predicted octanol–water partition coefficient (Wildman–Crippen LogP) is 3.01. The van der Waals surface area contributed by atoms with Crippen molar-refractivity contribution in [3.8, 4) is 28.4 Å². The van der Waals surface area contributed by atoms with Crippen LogP contribution in [0.3, 0.4) is 0 Å². The lowest BCUT2D eigenvalue weighted by Crippen LogP contribution is -2.31. The minimum Gasteiger partial charge on any atom is -0.497 e. The van der Waals surface area contributed by atoms with Crippen molar-refractivity contribution in [2.75, 3.05) is 27.5 Å². The van der Waals surface area contributed by atoms with Gasteiger partial charge in [-0.2, -0.15) is 0 Å². The molecule has 1 unspecified atom stereocenters. The molecule has 0 radical (unpaired) electrons. The first kappa shape index (κ1) is 13.9. The van der Waals surface area contributed by atoms with Crippen LogP contribution in [0.5, 0.6) is 17.2 Å². The Bertz CT molecular complexity index is 875. The van der Waals surface area contributed by atoms with E-state index in [9.17, 15) is 0 Å². The van der Waals surface area contributed by atoms with Crippen LogP contribution in [0.4, 0.5) is 0 Å². The molecular weight excluding hydrogens is 304 g/mol. The molecule has 5 heteroatoms. The number of nitrogens with zero attached hydrogens (tertiary/aromatic N) is 2. The zero-order chi connectivity index (χ0) is 16.3. The summed E-state index contributed by atoms with van der Waals surface area (Å²) in [6.07, 6.45) is 2.96. The molecule has 0 saturated heterocycles. The molecule has 0 fully saturated rings. The summed E-state index contributed by atoms with van der Waals surface area (Å²) >= 11 is 0. The van der Waals surface area contributed by atoms with Crippen molar-refractivity contribution in [1.82, 2.24) is 4.90 Å². The molecule has 5 nitrogen and oxygen atoms in total. The van der Waals surface area contributed by atoms with E-state index < -0.39 is 0 Å². The number of hydrogen-bond donors (Lipinski definition) is 0. The van der Waals surface area contributed by atoms with Crippen molar-refractivity contribution >= 4 is 6.21 Å². The van der Waals surface area contributed by atoms with Gasteiger partial charge < -0.3 is 14.2 Å². The molecule has 24 heavy (non-hydrogen) atoms. The van der Waals surface area contributed by atoms with E-state index in [4.69, 9.17) is 19.2 Å². The van der Waals surface area contributed by atoms with Gasteiger partial charge in [-0.15, -0.1) is 0 Å². The Morgan fingerprint density at radius 2 is 2.17 bits per heavy atom. The lowest BCUT2D eigenvalue weighted by Gasteiger charge is -2.33. The van der Waals surface area contributed by atoms with Gasteiger partial charge in [0.1, 0.15) is 11.9 Å². The number of rotatable bonds is 1. The average molecular weight is 322 g/mol. The molecule has 0 N–H and O–H groups in total. The van der Waals surface area contributed by atoms with Gasteiger partial charge in [-0.25, -0.2) is 0 Å². The number of benzene rings is 2. The first-order valence-electron chi connectivity index (χ1n) is 8.13. The second-order valence-electron chi connectivity index (χ2n) is 6.39. The predicted molar refractivity (Wildman–Crippen MR) is 91.2 cm³/mol. The number of ether oxygens (including phenoxy) is 3. The molecule has 0 amide bonds. The highest BCUT2D eigenvalue weighted by molar-refractivity contribution is 5.96. The Labute approximate surface area is 140 Å². The van der Waals surface area contributed by atoms with Crippen LogP contribution in [-0.2, 0) is 6.42 Å². The summed E-state index contributed by atoms with van der Waals surface area (Å²) in [5.74, 6) is 2.51. The maximum atomic E-state index is 5.85. The van der Waals surface area contributed by atoms with E-state index in [1.807, 2.05) is 18.3 Å². The van der Waals surface area contributed by atoms with Gasteiger partial charge in [0.05, 0.1) is 7.11 Å². The summed E-state index contributed by atoms with van der Waals surface area (Å²) in [4.78, 5) is 7.15. The molecule has 0 saturated carbocycles. The Morgan fingerprint density at radius 3 is 3.04 bits per heavy atom. The maximum Gasteiger partial charge on any atom is 0.231 e. The van der Waals surface area contributed by atoms with E-state index >= 15 is 0 Å². The molecule has 5 rings (SSSR count). The highest BCUT2D eigenvalue weighted by Crippen LogP contribution is 2.51. The molecule has 3 heterocycles. The largest absolute Gasteiger partial charge is 0.497 e. The van der Waals surface area contributed by atoms with E-state index in [0.717, 1.165) is 46.9 Å². The number of aliphatic imine (C=N–C) groups is 1. The molecule has 0 spiro atoms. The zero-order valence-corrected chi connectivity index (χ0v) is 13.7. The van der Waals surface area contributed by atoms with E-state index in [2.05, 4.69) is 24.1 Å². The fourth-order valence-electron chi connectivity index (χ4n) is 3.86. The van der Waals surface area contributed by atoms with E-state index in [0.29, 0.717) is 0 Å². The van der Waals surface area contributed by atoms with Gasteiger partial charge in [-0.05, 0) is 48.9 Å². The summed E-state index contributed by atoms with van der Waals surface area (Å²) in [5.41, 5.74) is 5.83.